The summed E-state index contributed by atoms with van der Waals surface area (Å²) in [5.41, 5.74) is 3.00. The Bertz CT molecular complexity index is 392. The first-order chi connectivity index (χ1) is 6.69. The zero-order valence-corrected chi connectivity index (χ0v) is 8.34. The van der Waals surface area contributed by atoms with Gasteiger partial charge in [0.1, 0.15) is 5.75 Å². The predicted molar refractivity (Wildman–Crippen MR) is 53.5 cm³/mol. The molecule has 2 heteroatoms. The lowest BCUT2D eigenvalue weighted by molar-refractivity contribution is 0.151. The van der Waals surface area contributed by atoms with Gasteiger partial charge in [-0.3, -0.25) is 0 Å². The van der Waals surface area contributed by atoms with E-state index in [0.717, 1.165) is 42.7 Å². The zero-order valence-electron chi connectivity index (χ0n) is 8.34. The van der Waals surface area contributed by atoms with E-state index in [4.69, 9.17) is 4.74 Å². The van der Waals surface area contributed by atoms with Gasteiger partial charge in [0.05, 0.1) is 12.2 Å². The third-order valence-corrected chi connectivity index (χ3v) is 3.23. The predicted octanol–water partition coefficient (Wildman–Crippen LogP) is 1.91. The second kappa shape index (κ2) is 2.51. The Morgan fingerprint density at radius 3 is 2.86 bits per heavy atom. The van der Waals surface area contributed by atoms with Crippen LogP contribution < -0.4 is 4.74 Å². The molecule has 3 rings (SSSR count). The minimum absolute atomic E-state index is 0.512. The highest BCUT2D eigenvalue weighted by Gasteiger charge is 2.42. The molecule has 1 aromatic rings. The van der Waals surface area contributed by atoms with E-state index in [1.807, 2.05) is 0 Å². The topological polar surface area (TPSA) is 29.5 Å². The lowest BCUT2D eigenvalue weighted by Gasteiger charge is -2.11. The summed E-state index contributed by atoms with van der Waals surface area (Å²) in [6.07, 6.45) is 2.80. The largest absolute Gasteiger partial charge is 0.493 e. The van der Waals surface area contributed by atoms with Crippen LogP contribution in [0.4, 0.5) is 0 Å². The first kappa shape index (κ1) is 8.30. The first-order valence-corrected chi connectivity index (χ1v) is 5.18. The van der Waals surface area contributed by atoms with Crippen LogP contribution in [0.3, 0.4) is 0 Å². The normalized spacial score (nSPS) is 21.6. The number of benzene rings is 1. The van der Waals surface area contributed by atoms with Crippen molar-refractivity contribution in [3.8, 4) is 5.75 Å². The molecule has 2 aliphatic rings. The smallest absolute Gasteiger partial charge is 0.125 e. The molecule has 74 valence electrons. The van der Waals surface area contributed by atoms with Crippen molar-refractivity contribution in [1.29, 1.82) is 0 Å². The molecule has 0 spiro atoms. The van der Waals surface area contributed by atoms with E-state index in [-0.39, 0.29) is 0 Å². The standard InChI is InChI=1S/C12H14O2/c1-8-6-10(12(13)3-4-12)7-9-2-5-14-11(8)9/h6-7,13H,2-5H2,1H3. The number of hydrogen-bond donors (Lipinski definition) is 1. The number of aliphatic hydroxyl groups is 1. The highest BCUT2D eigenvalue weighted by molar-refractivity contribution is 5.48. The van der Waals surface area contributed by atoms with Gasteiger partial charge in [0.25, 0.3) is 0 Å². The van der Waals surface area contributed by atoms with Crippen LogP contribution in [0.25, 0.3) is 0 Å². The van der Waals surface area contributed by atoms with Crippen molar-refractivity contribution in [3.05, 3.63) is 28.8 Å². The third-order valence-electron chi connectivity index (χ3n) is 3.23. The summed E-state index contributed by atoms with van der Waals surface area (Å²) in [4.78, 5) is 0. The van der Waals surface area contributed by atoms with Gasteiger partial charge >= 0.3 is 0 Å². The van der Waals surface area contributed by atoms with E-state index in [1.54, 1.807) is 0 Å². The van der Waals surface area contributed by atoms with Crippen molar-refractivity contribution in [3.63, 3.8) is 0 Å². The summed E-state index contributed by atoms with van der Waals surface area (Å²) in [5.74, 6) is 1.04. The number of rotatable bonds is 1. The average molecular weight is 190 g/mol. The minimum Gasteiger partial charge on any atom is -0.493 e. The van der Waals surface area contributed by atoms with Gasteiger partial charge < -0.3 is 9.84 Å². The van der Waals surface area contributed by atoms with Gasteiger partial charge in [-0.15, -0.1) is 0 Å². The maximum atomic E-state index is 10.0. The lowest BCUT2D eigenvalue weighted by Crippen LogP contribution is -2.05. The molecule has 0 bridgehead atoms. The molecular formula is C12H14O2. The summed E-state index contributed by atoms with van der Waals surface area (Å²) < 4.78 is 5.54. The minimum atomic E-state index is -0.512. The Morgan fingerprint density at radius 1 is 1.36 bits per heavy atom. The molecule has 2 nitrogen and oxygen atoms in total. The van der Waals surface area contributed by atoms with Crippen molar-refractivity contribution >= 4 is 0 Å². The van der Waals surface area contributed by atoms with Gasteiger partial charge in [-0.1, -0.05) is 0 Å². The molecule has 0 aromatic heterocycles. The molecular weight excluding hydrogens is 176 g/mol. The molecule has 0 atom stereocenters. The molecule has 1 fully saturated rings. The first-order valence-electron chi connectivity index (χ1n) is 5.18. The van der Waals surface area contributed by atoms with Crippen LogP contribution in [-0.4, -0.2) is 11.7 Å². The molecule has 1 aromatic carbocycles. The van der Waals surface area contributed by atoms with Crippen molar-refractivity contribution in [2.45, 2.75) is 31.8 Å². The van der Waals surface area contributed by atoms with E-state index < -0.39 is 5.60 Å². The lowest BCUT2D eigenvalue weighted by atomic mass is 9.99. The Morgan fingerprint density at radius 2 is 2.14 bits per heavy atom. The molecule has 1 heterocycles. The Hall–Kier alpha value is -1.02. The molecule has 14 heavy (non-hydrogen) atoms. The molecule has 0 saturated heterocycles. The van der Waals surface area contributed by atoms with E-state index in [0.29, 0.717) is 0 Å². The summed E-state index contributed by atoms with van der Waals surface area (Å²) in [7, 11) is 0. The fraction of sp³-hybridized carbons (Fsp3) is 0.500. The van der Waals surface area contributed by atoms with E-state index in [9.17, 15) is 5.11 Å². The second-order valence-corrected chi connectivity index (χ2v) is 4.41. The summed E-state index contributed by atoms with van der Waals surface area (Å²) in [6, 6.07) is 4.18. The van der Waals surface area contributed by atoms with Crippen LogP contribution in [0.1, 0.15) is 29.5 Å². The molecule has 0 unspecified atom stereocenters. The van der Waals surface area contributed by atoms with Gasteiger partial charge in [-0.25, -0.2) is 0 Å². The molecule has 1 aliphatic heterocycles. The number of ether oxygens (including phenoxy) is 1. The quantitative estimate of drug-likeness (QED) is 0.733. The maximum absolute atomic E-state index is 10.0. The van der Waals surface area contributed by atoms with E-state index >= 15 is 0 Å². The zero-order chi connectivity index (χ0) is 9.76. The van der Waals surface area contributed by atoms with Crippen molar-refractivity contribution in [1.82, 2.24) is 0 Å². The highest BCUT2D eigenvalue weighted by atomic mass is 16.5. The molecule has 0 radical (unpaired) electrons. The van der Waals surface area contributed by atoms with Crippen LogP contribution in [0.15, 0.2) is 12.1 Å². The number of hydrogen-bond acceptors (Lipinski definition) is 2. The molecule has 0 amide bonds. The van der Waals surface area contributed by atoms with Gasteiger partial charge in [0.15, 0.2) is 0 Å². The molecule has 1 aliphatic carbocycles. The fourth-order valence-corrected chi connectivity index (χ4v) is 2.18. The van der Waals surface area contributed by atoms with Crippen LogP contribution in [0.2, 0.25) is 0 Å². The fourth-order valence-electron chi connectivity index (χ4n) is 2.18. The van der Waals surface area contributed by atoms with Crippen molar-refractivity contribution in [2.24, 2.45) is 0 Å². The van der Waals surface area contributed by atoms with Crippen molar-refractivity contribution < 1.29 is 9.84 Å². The van der Waals surface area contributed by atoms with Gasteiger partial charge in [-0.2, -0.15) is 0 Å². The van der Waals surface area contributed by atoms with Gasteiger partial charge in [0, 0.05) is 6.42 Å². The molecule has 1 N–H and O–H groups in total. The summed E-state index contributed by atoms with van der Waals surface area (Å²) >= 11 is 0. The second-order valence-electron chi connectivity index (χ2n) is 4.41. The van der Waals surface area contributed by atoms with Crippen LogP contribution in [-0.2, 0) is 12.0 Å². The maximum Gasteiger partial charge on any atom is 0.125 e. The third kappa shape index (κ3) is 1.07. The van der Waals surface area contributed by atoms with E-state index in [1.165, 1.54) is 5.56 Å². The SMILES string of the molecule is Cc1cc(C2(O)CC2)cc2c1OCC2. The Balaban J connectivity index is 2.12. The summed E-state index contributed by atoms with van der Waals surface area (Å²) in [5, 5.41) is 10.0. The average Bonchev–Trinajstić information content (AvgIpc) is 2.75. The van der Waals surface area contributed by atoms with Gasteiger partial charge in [-0.05, 0) is 48.6 Å². The monoisotopic (exact) mass is 190 g/mol. The number of aryl methyl sites for hydroxylation is 1. The van der Waals surface area contributed by atoms with Gasteiger partial charge in [0.2, 0.25) is 0 Å². The van der Waals surface area contributed by atoms with Crippen LogP contribution in [0.5, 0.6) is 5.75 Å². The van der Waals surface area contributed by atoms with Crippen LogP contribution >= 0.6 is 0 Å². The van der Waals surface area contributed by atoms with Crippen molar-refractivity contribution in [2.75, 3.05) is 6.61 Å². The van der Waals surface area contributed by atoms with E-state index in [2.05, 4.69) is 19.1 Å². The summed E-state index contributed by atoms with van der Waals surface area (Å²) in [6.45, 7) is 2.84. The number of fused-ring (bicyclic) bond motifs is 1. The Labute approximate surface area is 83.5 Å². The molecule has 1 saturated carbocycles. The Kier molecular flexibility index (Phi) is 1.49. The highest BCUT2D eigenvalue weighted by Crippen LogP contribution is 2.47. The van der Waals surface area contributed by atoms with Crippen LogP contribution in [0, 0.1) is 6.92 Å².